The molecule has 21 heavy (non-hydrogen) atoms. The number of nitrogens with one attached hydrogen (secondary N) is 1. The van der Waals surface area contributed by atoms with Crippen LogP contribution in [0.3, 0.4) is 0 Å². The first-order valence-electron chi connectivity index (χ1n) is 7.29. The Labute approximate surface area is 134 Å². The SMILES string of the molecule is CC1(C)CC(Nc2cc([N+](=O)[O-])ccc2Br)CC(C)(C)C1. The maximum Gasteiger partial charge on any atom is 0.271 e. The Morgan fingerprint density at radius 3 is 2.33 bits per heavy atom. The lowest BCUT2D eigenvalue weighted by molar-refractivity contribution is -0.384. The van der Waals surface area contributed by atoms with Gasteiger partial charge in [-0.15, -0.1) is 0 Å². The van der Waals surface area contributed by atoms with Gasteiger partial charge in [0.2, 0.25) is 0 Å². The summed E-state index contributed by atoms with van der Waals surface area (Å²) < 4.78 is 0.870. The third-order valence-corrected chi connectivity index (χ3v) is 4.77. The zero-order chi connectivity index (χ0) is 15.8. The van der Waals surface area contributed by atoms with Crippen LogP contribution in [-0.4, -0.2) is 11.0 Å². The fourth-order valence-corrected chi connectivity index (χ4v) is 4.27. The molecule has 0 heterocycles. The Balaban J connectivity index is 2.21. The van der Waals surface area contributed by atoms with E-state index in [1.54, 1.807) is 12.1 Å². The monoisotopic (exact) mass is 354 g/mol. The molecule has 0 bridgehead atoms. The van der Waals surface area contributed by atoms with E-state index in [1.807, 2.05) is 0 Å². The smallest absolute Gasteiger partial charge is 0.271 e. The number of nitro groups is 1. The first kappa shape index (κ1) is 16.3. The summed E-state index contributed by atoms with van der Waals surface area (Å²) in [6.45, 7) is 9.19. The number of nitrogens with zero attached hydrogens (tertiary/aromatic N) is 1. The average Bonchev–Trinajstić information content (AvgIpc) is 2.27. The number of halogens is 1. The van der Waals surface area contributed by atoms with Crippen LogP contribution in [0.15, 0.2) is 22.7 Å². The average molecular weight is 355 g/mol. The summed E-state index contributed by atoms with van der Waals surface area (Å²) in [5, 5.41) is 14.4. The molecule has 2 rings (SSSR count). The molecule has 1 aromatic rings. The number of non-ortho nitro benzene ring substituents is 1. The van der Waals surface area contributed by atoms with Gasteiger partial charge in [-0.1, -0.05) is 27.7 Å². The van der Waals surface area contributed by atoms with E-state index in [0.717, 1.165) is 23.0 Å². The minimum atomic E-state index is -0.355. The normalized spacial score (nSPS) is 21.0. The molecule has 0 saturated heterocycles. The van der Waals surface area contributed by atoms with Crippen LogP contribution in [0.4, 0.5) is 11.4 Å². The van der Waals surface area contributed by atoms with Gasteiger partial charge >= 0.3 is 0 Å². The Kier molecular flexibility index (Phi) is 4.34. The van der Waals surface area contributed by atoms with Crippen LogP contribution in [0.25, 0.3) is 0 Å². The van der Waals surface area contributed by atoms with E-state index < -0.39 is 0 Å². The van der Waals surface area contributed by atoms with Gasteiger partial charge in [0.15, 0.2) is 0 Å². The van der Waals surface area contributed by atoms with Crippen molar-refractivity contribution < 1.29 is 4.92 Å². The second-order valence-electron chi connectivity index (χ2n) is 7.68. The van der Waals surface area contributed by atoms with Crippen molar-refractivity contribution in [1.82, 2.24) is 0 Å². The van der Waals surface area contributed by atoms with Crippen molar-refractivity contribution in [3.63, 3.8) is 0 Å². The summed E-state index contributed by atoms with van der Waals surface area (Å²) in [5.74, 6) is 0. The predicted molar refractivity (Wildman–Crippen MR) is 89.6 cm³/mol. The van der Waals surface area contributed by atoms with Crippen molar-refractivity contribution >= 4 is 27.3 Å². The number of hydrogen-bond donors (Lipinski definition) is 1. The van der Waals surface area contributed by atoms with Gasteiger partial charge < -0.3 is 5.32 Å². The van der Waals surface area contributed by atoms with Crippen molar-refractivity contribution in [1.29, 1.82) is 0 Å². The molecule has 0 spiro atoms. The van der Waals surface area contributed by atoms with Gasteiger partial charge in [0.05, 0.1) is 10.6 Å². The van der Waals surface area contributed by atoms with E-state index in [0.29, 0.717) is 6.04 Å². The van der Waals surface area contributed by atoms with E-state index in [2.05, 4.69) is 48.9 Å². The number of anilines is 1. The third-order valence-electron chi connectivity index (χ3n) is 4.08. The summed E-state index contributed by atoms with van der Waals surface area (Å²) in [5.41, 5.74) is 1.50. The molecule has 1 fully saturated rings. The van der Waals surface area contributed by atoms with Gasteiger partial charge in [-0.05, 0) is 52.1 Å². The van der Waals surface area contributed by atoms with Gasteiger partial charge in [-0.2, -0.15) is 0 Å². The number of hydrogen-bond acceptors (Lipinski definition) is 3. The molecule has 0 aliphatic heterocycles. The zero-order valence-corrected chi connectivity index (χ0v) is 14.7. The molecule has 0 atom stereocenters. The molecule has 4 nitrogen and oxygen atoms in total. The lowest BCUT2D eigenvalue weighted by Crippen LogP contribution is -2.40. The summed E-state index contributed by atoms with van der Waals surface area (Å²) in [6, 6.07) is 5.20. The first-order valence-corrected chi connectivity index (χ1v) is 8.08. The molecule has 0 radical (unpaired) electrons. The van der Waals surface area contributed by atoms with Gasteiger partial charge in [0.1, 0.15) is 0 Å². The Hall–Kier alpha value is -1.10. The van der Waals surface area contributed by atoms with Crippen LogP contribution in [-0.2, 0) is 0 Å². The molecule has 0 amide bonds. The highest BCUT2D eigenvalue weighted by molar-refractivity contribution is 9.10. The van der Waals surface area contributed by atoms with Crippen molar-refractivity contribution in [2.75, 3.05) is 5.32 Å². The van der Waals surface area contributed by atoms with Crippen molar-refractivity contribution in [2.24, 2.45) is 10.8 Å². The maximum absolute atomic E-state index is 10.9. The highest BCUT2D eigenvalue weighted by Gasteiger charge is 2.38. The molecule has 1 aromatic carbocycles. The Bertz CT molecular complexity index is 539. The van der Waals surface area contributed by atoms with E-state index in [1.165, 1.54) is 12.5 Å². The van der Waals surface area contributed by atoms with Crippen LogP contribution in [0.2, 0.25) is 0 Å². The number of nitro benzene ring substituents is 1. The molecule has 1 aliphatic rings. The van der Waals surface area contributed by atoms with E-state index in [4.69, 9.17) is 0 Å². The quantitative estimate of drug-likeness (QED) is 0.585. The Morgan fingerprint density at radius 2 is 1.81 bits per heavy atom. The van der Waals surface area contributed by atoms with Gasteiger partial charge in [0, 0.05) is 22.6 Å². The lowest BCUT2D eigenvalue weighted by atomic mass is 9.63. The second-order valence-corrected chi connectivity index (χ2v) is 8.53. The van der Waals surface area contributed by atoms with Crippen LogP contribution >= 0.6 is 15.9 Å². The second kappa shape index (κ2) is 5.59. The molecular weight excluding hydrogens is 332 g/mol. The lowest BCUT2D eigenvalue weighted by Gasteiger charge is -2.45. The minimum absolute atomic E-state index is 0.120. The number of rotatable bonds is 3. The van der Waals surface area contributed by atoms with Crippen LogP contribution in [0, 0.1) is 20.9 Å². The molecule has 0 aromatic heterocycles. The van der Waals surface area contributed by atoms with Gasteiger partial charge in [0.25, 0.3) is 5.69 Å². The molecule has 1 aliphatic carbocycles. The molecule has 0 unspecified atom stereocenters. The van der Waals surface area contributed by atoms with Crippen LogP contribution in [0.5, 0.6) is 0 Å². The van der Waals surface area contributed by atoms with E-state index >= 15 is 0 Å². The number of benzene rings is 1. The summed E-state index contributed by atoms with van der Waals surface area (Å²) in [7, 11) is 0. The fourth-order valence-electron chi connectivity index (χ4n) is 3.91. The van der Waals surface area contributed by atoms with Crippen LogP contribution in [0.1, 0.15) is 47.0 Å². The molecular formula is C16H23BrN2O2. The van der Waals surface area contributed by atoms with Crippen molar-refractivity contribution in [3.05, 3.63) is 32.8 Å². The van der Waals surface area contributed by atoms with Gasteiger partial charge in [-0.3, -0.25) is 10.1 Å². The summed E-state index contributed by atoms with van der Waals surface area (Å²) >= 11 is 3.48. The fraction of sp³-hybridized carbons (Fsp3) is 0.625. The summed E-state index contributed by atoms with van der Waals surface area (Å²) in [6.07, 6.45) is 3.35. The standard InChI is InChI=1S/C16H23BrN2O2/c1-15(2)8-11(9-16(3,4)10-15)18-14-7-12(19(20)21)5-6-13(14)17/h5-7,11,18H,8-10H2,1-4H3. The van der Waals surface area contributed by atoms with Crippen molar-refractivity contribution in [2.45, 2.75) is 53.0 Å². The maximum atomic E-state index is 10.9. The largest absolute Gasteiger partial charge is 0.381 e. The highest BCUT2D eigenvalue weighted by Crippen LogP contribution is 2.46. The van der Waals surface area contributed by atoms with Crippen molar-refractivity contribution in [3.8, 4) is 0 Å². The van der Waals surface area contributed by atoms with Gasteiger partial charge in [-0.25, -0.2) is 0 Å². The highest BCUT2D eigenvalue weighted by atomic mass is 79.9. The van der Waals surface area contributed by atoms with Crippen LogP contribution < -0.4 is 5.32 Å². The minimum Gasteiger partial charge on any atom is -0.381 e. The molecule has 5 heteroatoms. The molecule has 116 valence electrons. The summed E-state index contributed by atoms with van der Waals surface area (Å²) in [4.78, 5) is 10.6. The Morgan fingerprint density at radius 1 is 1.24 bits per heavy atom. The molecule has 1 saturated carbocycles. The molecule has 1 N–H and O–H groups in total. The first-order chi connectivity index (χ1) is 9.58. The van der Waals surface area contributed by atoms with E-state index in [-0.39, 0.29) is 21.4 Å². The van der Waals surface area contributed by atoms with E-state index in [9.17, 15) is 10.1 Å². The topological polar surface area (TPSA) is 55.2 Å². The predicted octanol–water partition coefficient (Wildman–Crippen LogP) is 5.37. The third kappa shape index (κ3) is 4.19. The zero-order valence-electron chi connectivity index (χ0n) is 13.1.